The van der Waals surface area contributed by atoms with E-state index in [0.29, 0.717) is 11.9 Å². The number of likely N-dealkylation sites (tertiary alicyclic amines) is 2. The van der Waals surface area contributed by atoms with Gasteiger partial charge in [0.05, 0.1) is 17.1 Å². The van der Waals surface area contributed by atoms with Gasteiger partial charge in [-0.1, -0.05) is 12.8 Å². The van der Waals surface area contributed by atoms with E-state index in [1.165, 1.54) is 12.8 Å². The van der Waals surface area contributed by atoms with Gasteiger partial charge < -0.3 is 15.1 Å². The lowest BCUT2D eigenvalue weighted by atomic mass is 10.0. The van der Waals surface area contributed by atoms with Crippen LogP contribution in [0.25, 0.3) is 11.0 Å². The number of pyridine rings is 1. The number of aromatic nitrogens is 3. The highest BCUT2D eigenvalue weighted by molar-refractivity contribution is 5.87. The summed E-state index contributed by atoms with van der Waals surface area (Å²) < 4.78 is 0. The number of hydrogen-bond acceptors (Lipinski definition) is 5. The van der Waals surface area contributed by atoms with Gasteiger partial charge in [0.1, 0.15) is 0 Å². The molecule has 0 bridgehead atoms. The molecule has 0 spiro atoms. The van der Waals surface area contributed by atoms with E-state index in [2.05, 4.69) is 44.5 Å². The van der Waals surface area contributed by atoms with E-state index in [4.69, 9.17) is 4.98 Å². The average Bonchev–Trinajstić information content (AvgIpc) is 3.50. The Labute approximate surface area is 172 Å². The van der Waals surface area contributed by atoms with E-state index in [-0.39, 0.29) is 12.0 Å². The molecule has 1 saturated carbocycles. The second-order valence-corrected chi connectivity index (χ2v) is 9.10. The van der Waals surface area contributed by atoms with Gasteiger partial charge in [0.2, 0.25) is 5.91 Å². The van der Waals surface area contributed by atoms with Crippen molar-refractivity contribution < 1.29 is 4.79 Å². The Morgan fingerprint density at radius 3 is 2.66 bits per heavy atom. The number of nitrogens with one attached hydrogen (secondary N) is 2. The zero-order valence-electron chi connectivity index (χ0n) is 17.4. The summed E-state index contributed by atoms with van der Waals surface area (Å²) in [7, 11) is 2.18. The molecular weight excluding hydrogens is 364 g/mol. The third-order valence-corrected chi connectivity index (χ3v) is 7.09. The summed E-state index contributed by atoms with van der Waals surface area (Å²) in [6.45, 7) is 3.11. The average molecular weight is 397 g/mol. The number of amides is 1. The van der Waals surface area contributed by atoms with Crippen LogP contribution >= 0.6 is 0 Å². The van der Waals surface area contributed by atoms with Crippen LogP contribution in [0.2, 0.25) is 0 Å². The van der Waals surface area contributed by atoms with Crippen LogP contribution in [-0.2, 0) is 4.79 Å². The smallest absolute Gasteiger partial charge is 0.226 e. The zero-order chi connectivity index (χ0) is 19.8. The summed E-state index contributed by atoms with van der Waals surface area (Å²) in [6.07, 6.45) is 8.84. The molecule has 2 aliphatic heterocycles. The van der Waals surface area contributed by atoms with Gasteiger partial charge in [-0.25, -0.2) is 4.98 Å². The number of aromatic amines is 1. The molecule has 29 heavy (non-hydrogen) atoms. The molecule has 2 aromatic rings. The van der Waals surface area contributed by atoms with Crippen LogP contribution in [0.4, 0.5) is 5.82 Å². The Morgan fingerprint density at radius 2 is 1.86 bits per heavy atom. The van der Waals surface area contributed by atoms with Gasteiger partial charge in [0.25, 0.3) is 0 Å². The molecule has 4 heterocycles. The van der Waals surface area contributed by atoms with E-state index in [1.807, 2.05) is 0 Å². The number of piperidine rings is 1. The van der Waals surface area contributed by atoms with Crippen molar-refractivity contribution in [3.8, 4) is 0 Å². The lowest BCUT2D eigenvalue weighted by molar-refractivity contribution is -0.136. The quantitative estimate of drug-likeness (QED) is 0.829. The van der Waals surface area contributed by atoms with E-state index in [9.17, 15) is 4.79 Å². The van der Waals surface area contributed by atoms with Gasteiger partial charge in [-0.3, -0.25) is 9.89 Å². The summed E-state index contributed by atoms with van der Waals surface area (Å²) in [4.78, 5) is 22.4. The Morgan fingerprint density at radius 1 is 1.07 bits per heavy atom. The largest absolute Gasteiger partial charge is 0.365 e. The monoisotopic (exact) mass is 396 g/mol. The highest BCUT2D eigenvalue weighted by Gasteiger charge is 2.35. The van der Waals surface area contributed by atoms with Crippen molar-refractivity contribution >= 4 is 22.8 Å². The molecule has 1 atom stereocenters. The van der Waals surface area contributed by atoms with Crippen molar-refractivity contribution in [1.82, 2.24) is 25.0 Å². The maximum atomic E-state index is 13.0. The molecule has 1 aliphatic carbocycles. The number of nitrogens with zero attached hydrogens (tertiary/aromatic N) is 4. The minimum atomic E-state index is 0.112. The minimum absolute atomic E-state index is 0.112. The van der Waals surface area contributed by atoms with E-state index >= 15 is 0 Å². The summed E-state index contributed by atoms with van der Waals surface area (Å²) in [5, 5.41) is 12.3. The topological polar surface area (TPSA) is 77.2 Å². The van der Waals surface area contributed by atoms with Crippen LogP contribution in [0, 0.1) is 5.92 Å². The lowest BCUT2D eigenvalue weighted by Crippen LogP contribution is -2.36. The molecule has 3 fully saturated rings. The summed E-state index contributed by atoms with van der Waals surface area (Å²) >= 11 is 0. The molecule has 0 aromatic carbocycles. The Hall–Kier alpha value is -2.15. The predicted molar refractivity (Wildman–Crippen MR) is 114 cm³/mol. The van der Waals surface area contributed by atoms with Gasteiger partial charge in [-0.2, -0.15) is 5.10 Å². The number of H-pyrrole nitrogens is 1. The van der Waals surface area contributed by atoms with E-state index in [0.717, 1.165) is 80.7 Å². The van der Waals surface area contributed by atoms with E-state index < -0.39 is 0 Å². The maximum Gasteiger partial charge on any atom is 0.226 e. The molecule has 0 radical (unpaired) electrons. The van der Waals surface area contributed by atoms with Gasteiger partial charge in [0, 0.05) is 18.5 Å². The van der Waals surface area contributed by atoms with Crippen LogP contribution in [0.1, 0.15) is 63.1 Å². The van der Waals surface area contributed by atoms with Crippen molar-refractivity contribution in [3.05, 3.63) is 17.8 Å². The molecule has 2 aromatic heterocycles. The van der Waals surface area contributed by atoms with Crippen LogP contribution in [-0.4, -0.2) is 63.6 Å². The normalized spacial score (nSPS) is 24.6. The molecule has 7 nitrogen and oxygen atoms in total. The van der Waals surface area contributed by atoms with Crippen LogP contribution < -0.4 is 5.32 Å². The second-order valence-electron chi connectivity index (χ2n) is 9.10. The highest BCUT2D eigenvalue weighted by Crippen LogP contribution is 2.36. The Bertz CT molecular complexity index is 865. The first-order valence-corrected chi connectivity index (χ1v) is 11.3. The Kier molecular flexibility index (Phi) is 5.16. The standard InChI is InChI=1S/C22H32N6O/c1-27-13-10-16(11-14-27)23-20-17-8-9-18(24-21(17)26-25-20)19-7-4-12-28(19)22(29)15-5-2-3-6-15/h8-9,15-16,19H,2-7,10-14H2,1H3,(H2,23,24,25,26). The van der Waals surface area contributed by atoms with Gasteiger partial charge in [-0.05, 0) is 70.8 Å². The number of carbonyl (C=O) groups is 1. The van der Waals surface area contributed by atoms with Crippen LogP contribution in [0.5, 0.6) is 0 Å². The van der Waals surface area contributed by atoms with Crippen molar-refractivity contribution in [2.75, 3.05) is 32.0 Å². The van der Waals surface area contributed by atoms with Crippen LogP contribution in [0.15, 0.2) is 12.1 Å². The molecule has 5 rings (SSSR count). The minimum Gasteiger partial charge on any atom is -0.365 e. The highest BCUT2D eigenvalue weighted by atomic mass is 16.2. The van der Waals surface area contributed by atoms with Crippen LogP contribution in [0.3, 0.4) is 0 Å². The SMILES string of the molecule is CN1CCC(Nc2n[nH]c3nc(C4CCCN4C(=O)C4CCCC4)ccc23)CC1. The summed E-state index contributed by atoms with van der Waals surface area (Å²) in [6, 6.07) is 4.80. The number of fused-ring (bicyclic) bond motifs is 1. The molecule has 1 unspecified atom stereocenters. The molecule has 7 heteroatoms. The number of rotatable bonds is 4. The molecule has 2 saturated heterocycles. The molecule has 1 amide bonds. The fourth-order valence-electron chi connectivity index (χ4n) is 5.31. The van der Waals surface area contributed by atoms with Crippen molar-refractivity contribution in [1.29, 1.82) is 0 Å². The second kappa shape index (κ2) is 7.94. The van der Waals surface area contributed by atoms with Crippen molar-refractivity contribution in [2.24, 2.45) is 5.92 Å². The third kappa shape index (κ3) is 3.72. The Balaban J connectivity index is 1.33. The zero-order valence-corrected chi connectivity index (χ0v) is 17.4. The first-order valence-electron chi connectivity index (χ1n) is 11.3. The fourth-order valence-corrected chi connectivity index (χ4v) is 5.31. The van der Waals surface area contributed by atoms with E-state index in [1.54, 1.807) is 0 Å². The first kappa shape index (κ1) is 18.9. The molecule has 3 aliphatic rings. The number of hydrogen-bond donors (Lipinski definition) is 2. The number of anilines is 1. The fraction of sp³-hybridized carbons (Fsp3) is 0.682. The maximum absolute atomic E-state index is 13.0. The molecule has 156 valence electrons. The third-order valence-electron chi connectivity index (χ3n) is 7.09. The van der Waals surface area contributed by atoms with Gasteiger partial charge in [0.15, 0.2) is 11.5 Å². The first-order chi connectivity index (χ1) is 14.2. The van der Waals surface area contributed by atoms with Gasteiger partial charge in [-0.15, -0.1) is 0 Å². The summed E-state index contributed by atoms with van der Waals surface area (Å²) in [5.41, 5.74) is 1.81. The van der Waals surface area contributed by atoms with Crippen molar-refractivity contribution in [2.45, 2.75) is 63.5 Å². The lowest BCUT2D eigenvalue weighted by Gasteiger charge is -2.29. The molecular formula is C22H32N6O. The molecule has 2 N–H and O–H groups in total. The number of carbonyl (C=O) groups excluding carboxylic acids is 1. The summed E-state index contributed by atoms with van der Waals surface area (Å²) in [5.74, 6) is 1.48. The predicted octanol–water partition coefficient (Wildman–Crippen LogP) is 3.32. The van der Waals surface area contributed by atoms with Crippen molar-refractivity contribution in [3.63, 3.8) is 0 Å². The van der Waals surface area contributed by atoms with Gasteiger partial charge >= 0.3 is 0 Å².